The standard InChI is InChI=1S/C31H38N4O4/c1-20-7-6-8-24(28(20)39-18-22-15-21(2)25-17-32-12-9-23(25)16-22)26-10-13-33-30(34-26)35-14-11-31(3,29(36)38-5)27(35)19-37-4/h6-8,10,13,15-16,27,32H,9,11-12,14,17-19H2,1-5H3/t27-,31-/m1/s1. The predicted molar refractivity (Wildman–Crippen MR) is 151 cm³/mol. The van der Waals surface area contributed by atoms with E-state index >= 15 is 0 Å². The van der Waals surface area contributed by atoms with Gasteiger partial charge in [0.25, 0.3) is 0 Å². The molecule has 1 aromatic heterocycles. The lowest BCUT2D eigenvalue weighted by Gasteiger charge is -2.32. The summed E-state index contributed by atoms with van der Waals surface area (Å²) >= 11 is 0. The Morgan fingerprint density at radius 1 is 1.18 bits per heavy atom. The minimum Gasteiger partial charge on any atom is -0.488 e. The van der Waals surface area contributed by atoms with Crippen LogP contribution in [0.5, 0.6) is 5.75 Å². The summed E-state index contributed by atoms with van der Waals surface area (Å²) in [6, 6.07) is 12.3. The van der Waals surface area contributed by atoms with Crippen LogP contribution in [0.25, 0.3) is 11.3 Å². The van der Waals surface area contributed by atoms with Crippen molar-refractivity contribution in [2.45, 2.75) is 52.8 Å². The van der Waals surface area contributed by atoms with E-state index in [1.807, 2.05) is 25.1 Å². The molecule has 0 amide bonds. The van der Waals surface area contributed by atoms with Gasteiger partial charge >= 0.3 is 5.97 Å². The number of methoxy groups -OCH3 is 2. The van der Waals surface area contributed by atoms with Crippen molar-refractivity contribution in [1.29, 1.82) is 0 Å². The first kappa shape index (κ1) is 27.1. The van der Waals surface area contributed by atoms with E-state index in [1.165, 1.54) is 29.4 Å². The van der Waals surface area contributed by atoms with Gasteiger partial charge in [-0.1, -0.05) is 24.3 Å². The lowest BCUT2D eigenvalue weighted by molar-refractivity contribution is -0.152. The van der Waals surface area contributed by atoms with Crippen molar-refractivity contribution < 1.29 is 19.0 Å². The fraction of sp³-hybridized carbons (Fsp3) is 0.452. The van der Waals surface area contributed by atoms with E-state index in [9.17, 15) is 4.79 Å². The summed E-state index contributed by atoms with van der Waals surface area (Å²) in [5, 5.41) is 3.46. The molecule has 2 atom stereocenters. The zero-order valence-corrected chi connectivity index (χ0v) is 23.5. The Hall–Kier alpha value is -3.49. The van der Waals surface area contributed by atoms with Crippen LogP contribution < -0.4 is 15.0 Å². The first-order valence-corrected chi connectivity index (χ1v) is 13.6. The van der Waals surface area contributed by atoms with E-state index in [4.69, 9.17) is 19.2 Å². The van der Waals surface area contributed by atoms with E-state index in [0.29, 0.717) is 32.1 Å². The van der Waals surface area contributed by atoms with Crippen LogP contribution in [0.4, 0.5) is 5.95 Å². The Morgan fingerprint density at radius 2 is 2.03 bits per heavy atom. The van der Waals surface area contributed by atoms with Crippen molar-refractivity contribution in [2.75, 3.05) is 38.8 Å². The Balaban J connectivity index is 1.43. The van der Waals surface area contributed by atoms with Gasteiger partial charge in [-0.15, -0.1) is 0 Å². The topological polar surface area (TPSA) is 85.8 Å². The van der Waals surface area contributed by atoms with Gasteiger partial charge in [0.1, 0.15) is 12.4 Å². The molecule has 39 heavy (non-hydrogen) atoms. The SMILES string of the molecule is COC[C@H]1N(c2nccc(-c3cccc(C)c3OCc3cc(C)c4c(c3)CCNC4)n2)CC[C@@]1(C)C(=O)OC. The molecular formula is C31H38N4O4. The van der Waals surface area contributed by atoms with Gasteiger partial charge in [-0.3, -0.25) is 4.79 Å². The highest BCUT2D eigenvalue weighted by molar-refractivity contribution is 5.79. The zero-order chi connectivity index (χ0) is 27.6. The van der Waals surface area contributed by atoms with Gasteiger partial charge in [0.15, 0.2) is 0 Å². The molecule has 3 heterocycles. The number of hydrogen-bond donors (Lipinski definition) is 1. The molecule has 1 N–H and O–H groups in total. The number of esters is 1. The van der Waals surface area contributed by atoms with E-state index in [0.717, 1.165) is 42.1 Å². The van der Waals surface area contributed by atoms with Crippen molar-refractivity contribution in [3.63, 3.8) is 0 Å². The number of hydrogen-bond acceptors (Lipinski definition) is 8. The number of rotatable bonds is 8. The molecule has 8 heteroatoms. The fourth-order valence-corrected chi connectivity index (χ4v) is 5.97. The normalized spacial score (nSPS) is 20.5. The van der Waals surface area contributed by atoms with Crippen molar-refractivity contribution >= 4 is 11.9 Å². The number of fused-ring (bicyclic) bond motifs is 1. The second-order valence-electron chi connectivity index (χ2n) is 10.8. The molecule has 5 rings (SSSR count). The summed E-state index contributed by atoms with van der Waals surface area (Å²) in [5.74, 6) is 1.13. The maximum atomic E-state index is 12.7. The predicted octanol–water partition coefficient (Wildman–Crippen LogP) is 4.39. The average molecular weight is 531 g/mol. The van der Waals surface area contributed by atoms with Crippen LogP contribution in [0.3, 0.4) is 0 Å². The van der Waals surface area contributed by atoms with Crippen molar-refractivity contribution in [1.82, 2.24) is 15.3 Å². The van der Waals surface area contributed by atoms with Crippen LogP contribution in [-0.4, -0.2) is 55.9 Å². The number of nitrogens with one attached hydrogen (secondary N) is 1. The third-order valence-electron chi connectivity index (χ3n) is 8.23. The largest absolute Gasteiger partial charge is 0.488 e. The highest BCUT2D eigenvalue weighted by Gasteiger charge is 2.51. The highest BCUT2D eigenvalue weighted by Crippen LogP contribution is 2.40. The molecule has 0 aliphatic carbocycles. The Morgan fingerprint density at radius 3 is 2.82 bits per heavy atom. The number of para-hydroxylation sites is 1. The molecule has 0 unspecified atom stereocenters. The number of ether oxygens (including phenoxy) is 3. The number of aromatic nitrogens is 2. The average Bonchev–Trinajstić information content (AvgIpc) is 3.29. The van der Waals surface area contributed by atoms with Gasteiger partial charge in [-0.05, 0) is 80.1 Å². The van der Waals surface area contributed by atoms with Crippen LogP contribution in [-0.2, 0) is 33.8 Å². The number of nitrogens with zero attached hydrogens (tertiary/aromatic N) is 3. The molecule has 0 radical (unpaired) electrons. The number of carbonyl (C=O) groups is 1. The third kappa shape index (κ3) is 5.23. The molecule has 2 aromatic carbocycles. The molecule has 206 valence electrons. The van der Waals surface area contributed by atoms with Gasteiger partial charge in [-0.2, -0.15) is 0 Å². The van der Waals surface area contributed by atoms with E-state index < -0.39 is 5.41 Å². The second kappa shape index (κ2) is 11.3. The molecule has 0 saturated carbocycles. The number of aryl methyl sites for hydroxylation is 2. The Labute approximate surface area is 230 Å². The molecule has 0 spiro atoms. The summed E-state index contributed by atoms with van der Waals surface area (Å²) in [6.07, 6.45) is 3.44. The summed E-state index contributed by atoms with van der Waals surface area (Å²) in [4.78, 5) is 24.3. The summed E-state index contributed by atoms with van der Waals surface area (Å²) in [5.41, 5.74) is 7.32. The second-order valence-corrected chi connectivity index (χ2v) is 10.8. The van der Waals surface area contributed by atoms with E-state index in [-0.39, 0.29) is 12.0 Å². The maximum Gasteiger partial charge on any atom is 0.313 e. The maximum absolute atomic E-state index is 12.7. The van der Waals surface area contributed by atoms with E-state index in [2.05, 4.69) is 47.2 Å². The van der Waals surface area contributed by atoms with Crippen molar-refractivity contribution in [3.8, 4) is 17.0 Å². The summed E-state index contributed by atoms with van der Waals surface area (Å²) in [6.45, 7) is 9.59. The van der Waals surface area contributed by atoms with Crippen LogP contribution in [0.15, 0.2) is 42.6 Å². The first-order valence-electron chi connectivity index (χ1n) is 13.6. The third-order valence-corrected chi connectivity index (χ3v) is 8.23. The molecule has 1 fully saturated rings. The lowest BCUT2D eigenvalue weighted by Crippen LogP contribution is -2.46. The van der Waals surface area contributed by atoms with Crippen LogP contribution in [0.2, 0.25) is 0 Å². The van der Waals surface area contributed by atoms with Crippen molar-refractivity contribution in [3.05, 3.63) is 70.4 Å². The minimum atomic E-state index is -0.704. The van der Waals surface area contributed by atoms with Crippen molar-refractivity contribution in [2.24, 2.45) is 5.41 Å². The Bertz CT molecular complexity index is 1360. The smallest absolute Gasteiger partial charge is 0.313 e. The zero-order valence-electron chi connectivity index (χ0n) is 23.5. The minimum absolute atomic E-state index is 0.235. The molecule has 0 bridgehead atoms. The van der Waals surface area contributed by atoms with Gasteiger partial charge in [-0.25, -0.2) is 9.97 Å². The number of benzene rings is 2. The summed E-state index contributed by atoms with van der Waals surface area (Å²) < 4.78 is 17.1. The molecule has 2 aliphatic rings. The molecule has 3 aromatic rings. The van der Waals surface area contributed by atoms with Crippen LogP contribution in [0, 0.1) is 19.3 Å². The van der Waals surface area contributed by atoms with Gasteiger partial charge in [0, 0.05) is 32.0 Å². The van der Waals surface area contributed by atoms with Gasteiger partial charge in [0.05, 0.1) is 30.9 Å². The van der Waals surface area contributed by atoms with Crippen LogP contribution in [0.1, 0.15) is 41.2 Å². The molecular weight excluding hydrogens is 492 g/mol. The number of anilines is 1. The highest BCUT2D eigenvalue weighted by atomic mass is 16.5. The Kier molecular flexibility index (Phi) is 7.86. The lowest BCUT2D eigenvalue weighted by atomic mass is 9.82. The molecule has 1 saturated heterocycles. The molecule has 8 nitrogen and oxygen atoms in total. The first-order chi connectivity index (χ1) is 18.9. The van der Waals surface area contributed by atoms with Crippen LogP contribution >= 0.6 is 0 Å². The summed E-state index contributed by atoms with van der Waals surface area (Å²) in [7, 11) is 3.07. The number of carbonyl (C=O) groups excluding carboxylic acids is 1. The monoisotopic (exact) mass is 530 g/mol. The fourth-order valence-electron chi connectivity index (χ4n) is 5.97. The molecule has 2 aliphatic heterocycles. The quantitative estimate of drug-likeness (QED) is 0.429. The van der Waals surface area contributed by atoms with Gasteiger partial charge in [0.2, 0.25) is 5.95 Å². The van der Waals surface area contributed by atoms with E-state index in [1.54, 1.807) is 13.3 Å². The van der Waals surface area contributed by atoms with Gasteiger partial charge < -0.3 is 24.4 Å².